The van der Waals surface area contributed by atoms with Gasteiger partial charge in [0, 0.05) is 0 Å². The third-order valence-electron chi connectivity index (χ3n) is 1.56. The van der Waals surface area contributed by atoms with Crippen LogP contribution < -0.4 is 10.6 Å². The van der Waals surface area contributed by atoms with Gasteiger partial charge >= 0.3 is 0 Å². The van der Waals surface area contributed by atoms with E-state index >= 15 is 0 Å². The molecule has 5 nitrogen and oxygen atoms in total. The number of hydrogen-bond acceptors (Lipinski definition) is 4. The largest absolute Gasteiger partial charge is 0.302 e. The maximum absolute atomic E-state index is 11.2. The molecule has 2 amide bonds. The lowest BCUT2D eigenvalue weighted by Gasteiger charge is -2.19. The van der Waals surface area contributed by atoms with E-state index in [1.54, 1.807) is 0 Å². The molecular weight excluding hydrogens is 204 g/mol. The van der Waals surface area contributed by atoms with Gasteiger partial charge in [0.1, 0.15) is 5.92 Å². The second-order valence-electron chi connectivity index (χ2n) is 2.76. The highest BCUT2D eigenvalue weighted by molar-refractivity contribution is 7.80. The molecule has 0 aliphatic carbocycles. The molecule has 0 aromatic rings. The summed E-state index contributed by atoms with van der Waals surface area (Å²) in [6.07, 6.45) is 2.42. The van der Waals surface area contributed by atoms with Gasteiger partial charge in [-0.1, -0.05) is 6.08 Å². The quantitative estimate of drug-likeness (QED) is 0.360. The Morgan fingerprint density at radius 3 is 2.29 bits per heavy atom. The van der Waals surface area contributed by atoms with Crippen LogP contribution in [0.5, 0.6) is 0 Å². The molecule has 0 spiro atoms. The van der Waals surface area contributed by atoms with Crippen molar-refractivity contribution in [2.24, 2.45) is 5.92 Å². The Morgan fingerprint density at radius 2 is 1.86 bits per heavy atom. The minimum atomic E-state index is -0.981. The zero-order chi connectivity index (χ0) is 10.7. The van der Waals surface area contributed by atoms with Gasteiger partial charge in [-0.3, -0.25) is 14.4 Å². The summed E-state index contributed by atoms with van der Waals surface area (Å²) >= 11 is 4.59. The molecule has 0 atom stereocenters. The number of amides is 2. The van der Waals surface area contributed by atoms with Gasteiger partial charge in [-0.25, -0.2) is 0 Å². The van der Waals surface area contributed by atoms with Gasteiger partial charge < -0.3 is 10.6 Å². The number of nitrogens with one attached hydrogen (secondary N) is 2. The fraction of sp³-hybridized carbons (Fsp3) is 0.250. The SMILES string of the molecule is CC(=O)/C=C/C1C(=O)NC(=S)NC1=O. The summed E-state index contributed by atoms with van der Waals surface area (Å²) in [7, 11) is 0. The number of allylic oxidation sites excluding steroid dienone is 1. The first-order valence-corrected chi connectivity index (χ1v) is 4.26. The van der Waals surface area contributed by atoms with Gasteiger partial charge in [-0.05, 0) is 25.2 Å². The molecule has 0 aromatic heterocycles. The van der Waals surface area contributed by atoms with Gasteiger partial charge in [-0.15, -0.1) is 0 Å². The minimum Gasteiger partial charge on any atom is -0.302 e. The Bertz CT molecular complexity index is 328. The van der Waals surface area contributed by atoms with Crippen molar-refractivity contribution in [3.8, 4) is 0 Å². The summed E-state index contributed by atoms with van der Waals surface area (Å²) in [5, 5.41) is 4.56. The van der Waals surface area contributed by atoms with Crippen LogP contribution in [0.4, 0.5) is 0 Å². The average Bonchev–Trinajstić information content (AvgIpc) is 2.01. The summed E-state index contributed by atoms with van der Waals surface area (Å²) < 4.78 is 0. The van der Waals surface area contributed by atoms with E-state index in [1.807, 2.05) is 0 Å². The zero-order valence-corrected chi connectivity index (χ0v) is 8.18. The molecule has 0 radical (unpaired) electrons. The molecule has 1 fully saturated rings. The monoisotopic (exact) mass is 212 g/mol. The lowest BCUT2D eigenvalue weighted by molar-refractivity contribution is -0.132. The van der Waals surface area contributed by atoms with Gasteiger partial charge in [0.15, 0.2) is 10.9 Å². The van der Waals surface area contributed by atoms with Crippen LogP contribution in [-0.4, -0.2) is 22.7 Å². The Kier molecular flexibility index (Phi) is 3.08. The Balaban J connectivity index is 2.78. The molecule has 1 aliphatic rings. The molecule has 0 aromatic carbocycles. The van der Waals surface area contributed by atoms with Crippen LogP contribution in [-0.2, 0) is 14.4 Å². The highest BCUT2D eigenvalue weighted by atomic mass is 32.1. The fourth-order valence-corrected chi connectivity index (χ4v) is 1.14. The molecule has 14 heavy (non-hydrogen) atoms. The number of ketones is 1. The fourth-order valence-electron chi connectivity index (χ4n) is 0.936. The lowest BCUT2D eigenvalue weighted by atomic mass is 10.1. The molecule has 74 valence electrons. The Labute approximate surface area is 85.5 Å². The van der Waals surface area contributed by atoms with E-state index < -0.39 is 17.7 Å². The third kappa shape index (κ3) is 2.46. The Hall–Kier alpha value is -1.56. The third-order valence-corrected chi connectivity index (χ3v) is 1.77. The zero-order valence-electron chi connectivity index (χ0n) is 7.37. The van der Waals surface area contributed by atoms with Crippen molar-refractivity contribution in [2.75, 3.05) is 0 Å². The number of carbonyl (C=O) groups is 3. The van der Waals surface area contributed by atoms with Crippen LogP contribution in [0.25, 0.3) is 0 Å². The van der Waals surface area contributed by atoms with Crippen molar-refractivity contribution in [3.63, 3.8) is 0 Å². The predicted molar refractivity (Wildman–Crippen MR) is 52.2 cm³/mol. The van der Waals surface area contributed by atoms with E-state index in [2.05, 4.69) is 22.9 Å². The first-order valence-electron chi connectivity index (χ1n) is 3.85. The summed E-state index contributed by atoms with van der Waals surface area (Å²) in [5.74, 6) is -2.24. The molecule has 0 unspecified atom stereocenters. The number of carbonyl (C=O) groups excluding carboxylic acids is 3. The van der Waals surface area contributed by atoms with E-state index in [1.165, 1.54) is 19.1 Å². The average molecular weight is 212 g/mol. The molecule has 6 heteroatoms. The normalized spacial score (nSPS) is 18.2. The second kappa shape index (κ2) is 4.10. The van der Waals surface area contributed by atoms with Crippen molar-refractivity contribution in [1.82, 2.24) is 10.6 Å². The molecule has 0 saturated carbocycles. The number of rotatable bonds is 2. The molecule has 1 rings (SSSR count). The van der Waals surface area contributed by atoms with Crippen molar-refractivity contribution < 1.29 is 14.4 Å². The predicted octanol–water partition coefficient (Wildman–Crippen LogP) is -0.721. The van der Waals surface area contributed by atoms with Crippen LogP contribution in [0, 0.1) is 5.92 Å². The lowest BCUT2D eigenvalue weighted by Crippen LogP contribution is -2.54. The van der Waals surface area contributed by atoms with Crippen molar-refractivity contribution in [2.45, 2.75) is 6.92 Å². The maximum Gasteiger partial charge on any atom is 0.242 e. The second-order valence-corrected chi connectivity index (χ2v) is 3.16. The standard InChI is InChI=1S/C8H8N2O3S/c1-4(11)2-3-5-6(12)9-8(14)10-7(5)13/h2-3,5H,1H3,(H2,9,10,12,13,14)/b3-2+. The van der Waals surface area contributed by atoms with Gasteiger partial charge in [0.2, 0.25) is 11.8 Å². The molecule has 1 aliphatic heterocycles. The van der Waals surface area contributed by atoms with E-state index in [9.17, 15) is 14.4 Å². The van der Waals surface area contributed by atoms with Gasteiger partial charge in [0.25, 0.3) is 0 Å². The van der Waals surface area contributed by atoms with E-state index in [0.29, 0.717) is 0 Å². The summed E-state index contributed by atoms with van der Waals surface area (Å²) in [6, 6.07) is 0. The molecule has 2 N–H and O–H groups in total. The number of hydrogen-bond donors (Lipinski definition) is 2. The highest BCUT2D eigenvalue weighted by Gasteiger charge is 2.30. The van der Waals surface area contributed by atoms with Gasteiger partial charge in [0.05, 0.1) is 0 Å². The Morgan fingerprint density at radius 1 is 1.36 bits per heavy atom. The maximum atomic E-state index is 11.2. The minimum absolute atomic E-state index is 0.00697. The summed E-state index contributed by atoms with van der Waals surface area (Å²) in [4.78, 5) is 33.0. The van der Waals surface area contributed by atoms with Crippen LogP contribution in [0.2, 0.25) is 0 Å². The van der Waals surface area contributed by atoms with Gasteiger partial charge in [-0.2, -0.15) is 0 Å². The van der Waals surface area contributed by atoms with Crippen molar-refractivity contribution >= 4 is 34.9 Å². The van der Waals surface area contributed by atoms with E-state index in [-0.39, 0.29) is 10.9 Å². The van der Waals surface area contributed by atoms with Crippen LogP contribution in [0.1, 0.15) is 6.92 Å². The molecular formula is C8H8N2O3S. The van der Waals surface area contributed by atoms with E-state index in [4.69, 9.17) is 0 Å². The topological polar surface area (TPSA) is 75.3 Å². The van der Waals surface area contributed by atoms with Crippen molar-refractivity contribution in [3.05, 3.63) is 12.2 Å². The molecule has 1 saturated heterocycles. The van der Waals surface area contributed by atoms with Crippen LogP contribution >= 0.6 is 12.2 Å². The van der Waals surface area contributed by atoms with E-state index in [0.717, 1.165) is 0 Å². The first-order chi connectivity index (χ1) is 6.50. The summed E-state index contributed by atoms with van der Waals surface area (Å²) in [6.45, 7) is 1.33. The molecule has 0 bridgehead atoms. The highest BCUT2D eigenvalue weighted by Crippen LogP contribution is 2.03. The van der Waals surface area contributed by atoms with Crippen molar-refractivity contribution in [1.29, 1.82) is 0 Å². The smallest absolute Gasteiger partial charge is 0.242 e. The summed E-state index contributed by atoms with van der Waals surface area (Å²) in [5.41, 5.74) is 0. The van der Waals surface area contributed by atoms with Crippen LogP contribution in [0.15, 0.2) is 12.2 Å². The van der Waals surface area contributed by atoms with Crippen LogP contribution in [0.3, 0.4) is 0 Å². The number of thiocarbonyl (C=S) groups is 1. The molecule has 1 heterocycles. The first kappa shape index (κ1) is 10.5.